The largest absolute Gasteiger partial charge is 0.385 e. The van der Waals surface area contributed by atoms with Crippen molar-refractivity contribution in [2.45, 2.75) is 25.4 Å². The van der Waals surface area contributed by atoms with E-state index in [9.17, 15) is 0 Å². The van der Waals surface area contributed by atoms with Crippen molar-refractivity contribution in [1.29, 1.82) is 0 Å². The van der Waals surface area contributed by atoms with Crippen molar-refractivity contribution in [2.75, 3.05) is 20.3 Å². The summed E-state index contributed by atoms with van der Waals surface area (Å²) < 4.78 is 4.83. The van der Waals surface area contributed by atoms with Crippen LogP contribution in [-0.2, 0) is 14.4 Å². The molecular formula is C7H18N2O7. The summed E-state index contributed by atoms with van der Waals surface area (Å²) in [6.07, 6.45) is 1.20. The van der Waals surface area contributed by atoms with Gasteiger partial charge in [0, 0.05) is 13.7 Å². The highest BCUT2D eigenvalue weighted by Crippen LogP contribution is 2.07. The van der Waals surface area contributed by atoms with Crippen molar-refractivity contribution in [2.24, 2.45) is 0 Å². The molecule has 0 saturated heterocycles. The maximum atomic E-state index is 8.44. The van der Waals surface area contributed by atoms with Crippen molar-refractivity contribution in [3.05, 3.63) is 0 Å². The first-order valence-electron chi connectivity index (χ1n) is 4.70. The first kappa shape index (κ1) is 15.6. The van der Waals surface area contributed by atoms with Gasteiger partial charge in [-0.1, -0.05) is 0 Å². The van der Waals surface area contributed by atoms with Crippen LogP contribution in [0.1, 0.15) is 19.3 Å². The number of hydrogen-bond donors (Lipinski definition) is 4. The van der Waals surface area contributed by atoms with Crippen LogP contribution in [0.15, 0.2) is 0 Å². The minimum absolute atomic E-state index is 0.238. The van der Waals surface area contributed by atoms with E-state index >= 15 is 0 Å². The molecule has 0 radical (unpaired) electrons. The molecular weight excluding hydrogens is 224 g/mol. The van der Waals surface area contributed by atoms with E-state index in [2.05, 4.69) is 9.68 Å². The zero-order valence-electron chi connectivity index (χ0n) is 9.02. The Morgan fingerprint density at radius 3 is 2.25 bits per heavy atom. The molecule has 0 aliphatic rings. The lowest BCUT2D eigenvalue weighted by Gasteiger charge is -2.18. The van der Waals surface area contributed by atoms with Gasteiger partial charge in [0.15, 0.2) is 0 Å². The predicted molar refractivity (Wildman–Crippen MR) is 47.4 cm³/mol. The third kappa shape index (κ3) is 10.2. The highest BCUT2D eigenvalue weighted by atomic mass is 17.1. The Morgan fingerprint density at radius 2 is 1.75 bits per heavy atom. The van der Waals surface area contributed by atoms with Gasteiger partial charge in [0.2, 0.25) is 0 Å². The van der Waals surface area contributed by atoms with E-state index in [-0.39, 0.29) is 6.61 Å². The molecule has 0 aromatic rings. The Labute approximate surface area is 92.7 Å². The third-order valence-electron chi connectivity index (χ3n) is 1.74. The average Bonchev–Trinajstić information content (AvgIpc) is 2.19. The summed E-state index contributed by atoms with van der Waals surface area (Å²) in [4.78, 5) is 8.81. The molecule has 9 heteroatoms. The number of unbranched alkanes of at least 4 members (excludes halogenated alkanes) is 1. The maximum Gasteiger partial charge on any atom is 0.110 e. The fourth-order valence-electron chi connectivity index (χ4n) is 1.07. The molecule has 0 aliphatic carbocycles. The average molecular weight is 242 g/mol. The highest BCUT2D eigenvalue weighted by molar-refractivity contribution is 4.55. The van der Waals surface area contributed by atoms with Crippen molar-refractivity contribution in [3.63, 3.8) is 0 Å². The van der Waals surface area contributed by atoms with E-state index in [1.807, 2.05) is 0 Å². The predicted octanol–water partition coefficient (Wildman–Crippen LogP) is 0.196. The molecule has 0 heterocycles. The van der Waals surface area contributed by atoms with Crippen LogP contribution in [0.3, 0.4) is 0 Å². The van der Waals surface area contributed by atoms with Crippen LogP contribution in [0.4, 0.5) is 0 Å². The molecule has 0 aliphatic heterocycles. The molecule has 0 spiro atoms. The normalized spacial score (nSPS) is 13.7. The summed E-state index contributed by atoms with van der Waals surface area (Å²) in [5.41, 5.74) is 0. The van der Waals surface area contributed by atoms with Gasteiger partial charge in [0.25, 0.3) is 0 Å². The van der Waals surface area contributed by atoms with Crippen molar-refractivity contribution >= 4 is 0 Å². The molecule has 98 valence electrons. The molecule has 0 rings (SSSR count). The first-order valence-corrected chi connectivity index (χ1v) is 4.70. The van der Waals surface area contributed by atoms with Gasteiger partial charge >= 0.3 is 0 Å². The Morgan fingerprint density at radius 1 is 1.06 bits per heavy atom. The minimum atomic E-state index is -0.714. The van der Waals surface area contributed by atoms with Gasteiger partial charge < -0.3 is 4.74 Å². The molecule has 0 aromatic heterocycles. The van der Waals surface area contributed by atoms with E-state index in [4.69, 9.17) is 25.6 Å². The topological polar surface area (TPSA) is 115 Å². The number of rotatable bonds is 10. The molecule has 9 nitrogen and oxygen atoms in total. The van der Waals surface area contributed by atoms with Crippen LogP contribution < -0.4 is 0 Å². The first-order chi connectivity index (χ1) is 7.56. The molecule has 4 N–H and O–H groups in total. The Balaban J connectivity index is 3.72. The minimum Gasteiger partial charge on any atom is -0.385 e. The van der Waals surface area contributed by atoms with E-state index < -0.39 is 16.9 Å². The van der Waals surface area contributed by atoms with Crippen molar-refractivity contribution < 1.29 is 35.2 Å². The van der Waals surface area contributed by atoms with Crippen LogP contribution in [0.2, 0.25) is 0 Å². The molecule has 1 unspecified atom stereocenters. The number of hydrogen-bond acceptors (Lipinski definition) is 9. The fourth-order valence-corrected chi connectivity index (χ4v) is 1.07. The highest BCUT2D eigenvalue weighted by Gasteiger charge is 2.14. The van der Waals surface area contributed by atoms with Gasteiger partial charge in [0.1, 0.15) is 12.7 Å². The molecule has 0 fully saturated rings. The van der Waals surface area contributed by atoms with Crippen LogP contribution in [0.5, 0.6) is 0 Å². The van der Waals surface area contributed by atoms with Crippen molar-refractivity contribution in [3.8, 4) is 0 Å². The summed E-state index contributed by atoms with van der Waals surface area (Å²) >= 11 is 0. The lowest BCUT2D eigenvalue weighted by atomic mass is 10.2. The van der Waals surface area contributed by atoms with Gasteiger partial charge in [-0.2, -0.15) is 0 Å². The van der Waals surface area contributed by atoms with Gasteiger partial charge in [0.05, 0.1) is 10.8 Å². The van der Waals surface area contributed by atoms with E-state index in [1.165, 1.54) is 0 Å². The van der Waals surface area contributed by atoms with Gasteiger partial charge in [-0.15, -0.1) is 0 Å². The standard InChI is InChI=1S/C7H18N2O7/c1-14-5-3-2-4-7(16-9(12)13)6-15-8(10)11/h7,10-13H,2-6H2,1H3. The van der Waals surface area contributed by atoms with Gasteiger partial charge in [-0.25, -0.2) is 9.68 Å². The summed E-state index contributed by atoms with van der Waals surface area (Å²) in [6.45, 7) is 0.346. The second-order valence-electron chi connectivity index (χ2n) is 3.02. The van der Waals surface area contributed by atoms with Crippen LogP contribution in [0, 0.1) is 0 Å². The Bertz CT molecular complexity index is 158. The molecule has 1 atom stereocenters. The molecule has 16 heavy (non-hydrogen) atoms. The third-order valence-corrected chi connectivity index (χ3v) is 1.74. The van der Waals surface area contributed by atoms with Crippen LogP contribution >= 0.6 is 0 Å². The van der Waals surface area contributed by atoms with Crippen molar-refractivity contribution in [1.82, 2.24) is 10.8 Å². The fraction of sp³-hybridized carbons (Fsp3) is 1.00. The summed E-state index contributed by atoms with van der Waals surface area (Å²) in [5.74, 6) is 0. The lowest BCUT2D eigenvalue weighted by molar-refractivity contribution is -0.527. The SMILES string of the molecule is COCCCCC(CON(O)O)ON(O)O. The zero-order chi connectivity index (χ0) is 12.4. The molecule has 0 bridgehead atoms. The maximum absolute atomic E-state index is 8.44. The van der Waals surface area contributed by atoms with E-state index in [0.29, 0.717) is 19.4 Å². The van der Waals surface area contributed by atoms with E-state index in [1.54, 1.807) is 7.11 Å². The Hall–Kier alpha value is -0.360. The smallest absolute Gasteiger partial charge is 0.110 e. The van der Waals surface area contributed by atoms with Crippen LogP contribution in [-0.4, -0.2) is 58.0 Å². The number of methoxy groups -OCH3 is 1. The summed E-state index contributed by atoms with van der Waals surface area (Å²) in [5, 5.41) is 32.6. The van der Waals surface area contributed by atoms with Gasteiger partial charge in [-0.05, 0) is 19.3 Å². The van der Waals surface area contributed by atoms with Crippen LogP contribution in [0.25, 0.3) is 0 Å². The summed E-state index contributed by atoms with van der Waals surface area (Å²) in [7, 11) is 1.58. The number of ether oxygens (including phenoxy) is 1. The molecule has 0 saturated carbocycles. The molecule has 0 aromatic carbocycles. The van der Waals surface area contributed by atoms with E-state index in [0.717, 1.165) is 6.42 Å². The molecule has 0 amide bonds. The van der Waals surface area contributed by atoms with Gasteiger partial charge in [-0.3, -0.25) is 20.8 Å². The Kier molecular flexibility index (Phi) is 9.62. The summed E-state index contributed by atoms with van der Waals surface area (Å²) in [6, 6.07) is 0. The lowest BCUT2D eigenvalue weighted by Crippen LogP contribution is -2.31. The monoisotopic (exact) mass is 242 g/mol. The second kappa shape index (κ2) is 9.84. The number of nitrogens with zero attached hydrogens (tertiary/aromatic N) is 2. The zero-order valence-corrected chi connectivity index (χ0v) is 9.02. The second-order valence-corrected chi connectivity index (χ2v) is 3.02. The quantitative estimate of drug-likeness (QED) is 0.315.